The lowest BCUT2D eigenvalue weighted by atomic mass is 9.80. The van der Waals surface area contributed by atoms with Gasteiger partial charge in [-0.15, -0.1) is 0 Å². The highest BCUT2D eigenvalue weighted by Crippen LogP contribution is 2.40. The van der Waals surface area contributed by atoms with Gasteiger partial charge in [-0.05, 0) is 59.6 Å². The molecule has 1 aliphatic rings. The molecule has 0 aromatic heterocycles. The molecular formula is C15H29NO4S. The summed E-state index contributed by atoms with van der Waals surface area (Å²) in [4.78, 5) is 17.4. The Kier molecular flexibility index (Phi) is 5.75. The lowest BCUT2D eigenvalue weighted by molar-refractivity contribution is -0.305. The normalized spacial score (nSPS) is 23.0. The molecule has 6 heteroatoms. The highest BCUT2D eigenvalue weighted by Gasteiger charge is 2.48. The molecule has 5 nitrogen and oxygen atoms in total. The Hall–Kier alpha value is -0.300. The Labute approximate surface area is 132 Å². The summed E-state index contributed by atoms with van der Waals surface area (Å²) in [6, 6.07) is 0. The molecule has 1 rings (SSSR count). The van der Waals surface area contributed by atoms with Gasteiger partial charge in [0.15, 0.2) is 0 Å². The van der Waals surface area contributed by atoms with Gasteiger partial charge in [0.1, 0.15) is 6.10 Å². The van der Waals surface area contributed by atoms with E-state index in [2.05, 4.69) is 27.7 Å². The molecule has 124 valence electrons. The van der Waals surface area contributed by atoms with Crippen molar-refractivity contribution in [1.82, 2.24) is 5.06 Å². The molecule has 0 bridgehead atoms. The maximum absolute atomic E-state index is 11.5. The van der Waals surface area contributed by atoms with Crippen LogP contribution >= 0.6 is 11.8 Å². The number of carbonyl (C=O) groups excluding carboxylic acids is 1. The van der Waals surface area contributed by atoms with Gasteiger partial charge in [-0.1, -0.05) is 0 Å². The van der Waals surface area contributed by atoms with E-state index in [0.717, 1.165) is 11.8 Å². The molecule has 0 aliphatic carbocycles. The van der Waals surface area contributed by atoms with E-state index in [1.165, 1.54) is 0 Å². The van der Waals surface area contributed by atoms with Crippen LogP contribution in [0.25, 0.3) is 0 Å². The molecule has 0 spiro atoms. The van der Waals surface area contributed by atoms with Crippen molar-refractivity contribution < 1.29 is 19.5 Å². The van der Waals surface area contributed by atoms with Crippen LogP contribution < -0.4 is 0 Å². The second kappa shape index (κ2) is 6.44. The minimum atomic E-state index is -0.881. The van der Waals surface area contributed by atoms with Crippen LogP contribution in [0.15, 0.2) is 0 Å². The van der Waals surface area contributed by atoms with Gasteiger partial charge < -0.3 is 9.84 Å². The van der Waals surface area contributed by atoms with E-state index in [1.807, 2.05) is 5.06 Å². The first kappa shape index (κ1) is 18.7. The highest BCUT2D eigenvalue weighted by atomic mass is 32.2. The van der Waals surface area contributed by atoms with Crippen LogP contribution in [0, 0.1) is 0 Å². The first-order valence-corrected chi connectivity index (χ1v) is 8.50. The second-order valence-corrected chi connectivity index (χ2v) is 8.35. The molecule has 0 unspecified atom stereocenters. The summed E-state index contributed by atoms with van der Waals surface area (Å²) in [5.41, 5.74) is -1.44. The van der Waals surface area contributed by atoms with Crippen molar-refractivity contribution in [3.05, 3.63) is 0 Å². The third-order valence-corrected chi connectivity index (χ3v) is 3.96. The SMILES string of the molecule is CSC(=O)OC1CC(C)(C)N(OCC(C)(C)O)C(C)(C)C1. The summed E-state index contributed by atoms with van der Waals surface area (Å²) in [7, 11) is 0. The molecule has 0 aromatic rings. The van der Waals surface area contributed by atoms with Crippen molar-refractivity contribution in [3.63, 3.8) is 0 Å². The number of hydroxylamine groups is 2. The second-order valence-electron chi connectivity index (χ2n) is 7.61. The number of rotatable bonds is 4. The highest BCUT2D eigenvalue weighted by molar-refractivity contribution is 8.12. The van der Waals surface area contributed by atoms with Gasteiger partial charge in [0, 0.05) is 23.9 Å². The van der Waals surface area contributed by atoms with Crippen LogP contribution in [-0.4, -0.2) is 51.1 Å². The van der Waals surface area contributed by atoms with Crippen LogP contribution in [0.3, 0.4) is 0 Å². The standard InChI is InChI=1S/C15H29NO4S/c1-13(2)8-11(20-12(17)21-7)9-14(3,4)16(13)19-10-15(5,6)18/h11,18H,8-10H2,1-7H3. The van der Waals surface area contributed by atoms with E-state index in [9.17, 15) is 9.90 Å². The third-order valence-electron chi connectivity index (χ3n) is 3.53. The van der Waals surface area contributed by atoms with Crippen LogP contribution in [0.4, 0.5) is 4.79 Å². The fourth-order valence-electron chi connectivity index (χ4n) is 3.01. The first-order valence-electron chi connectivity index (χ1n) is 7.28. The number of hydrogen-bond donors (Lipinski definition) is 1. The molecular weight excluding hydrogens is 290 g/mol. The number of piperidine rings is 1. The summed E-state index contributed by atoms with van der Waals surface area (Å²) in [5, 5.41) is 11.6. The predicted molar refractivity (Wildman–Crippen MR) is 85.3 cm³/mol. The fraction of sp³-hybridized carbons (Fsp3) is 0.933. The Morgan fingerprint density at radius 3 is 2.14 bits per heavy atom. The molecule has 1 saturated heterocycles. The van der Waals surface area contributed by atoms with E-state index < -0.39 is 5.60 Å². The number of nitrogens with zero attached hydrogens (tertiary/aromatic N) is 1. The molecule has 0 amide bonds. The van der Waals surface area contributed by atoms with Crippen molar-refractivity contribution in [1.29, 1.82) is 0 Å². The largest absolute Gasteiger partial charge is 0.454 e. The van der Waals surface area contributed by atoms with E-state index in [4.69, 9.17) is 9.57 Å². The number of carbonyl (C=O) groups is 1. The first-order chi connectivity index (χ1) is 9.37. The summed E-state index contributed by atoms with van der Waals surface area (Å²) in [6.07, 6.45) is 3.01. The Morgan fingerprint density at radius 1 is 1.29 bits per heavy atom. The van der Waals surface area contributed by atoms with E-state index in [0.29, 0.717) is 12.8 Å². The minimum absolute atomic E-state index is 0.114. The van der Waals surface area contributed by atoms with Crippen molar-refractivity contribution in [2.75, 3.05) is 12.9 Å². The molecule has 1 aliphatic heterocycles. The van der Waals surface area contributed by atoms with Gasteiger partial charge in [-0.3, -0.25) is 4.84 Å². The van der Waals surface area contributed by atoms with Crippen LogP contribution in [0.5, 0.6) is 0 Å². The lowest BCUT2D eigenvalue weighted by Crippen LogP contribution is -2.62. The summed E-state index contributed by atoms with van der Waals surface area (Å²) >= 11 is 1.09. The van der Waals surface area contributed by atoms with Crippen LogP contribution in [-0.2, 0) is 9.57 Å². The molecule has 21 heavy (non-hydrogen) atoms. The number of hydrogen-bond acceptors (Lipinski definition) is 6. The van der Waals surface area contributed by atoms with Crippen molar-refractivity contribution in [2.45, 2.75) is 77.2 Å². The third kappa shape index (κ3) is 5.43. The van der Waals surface area contributed by atoms with Gasteiger partial charge in [0.05, 0.1) is 12.2 Å². The van der Waals surface area contributed by atoms with Crippen LogP contribution in [0.1, 0.15) is 54.4 Å². The molecule has 0 saturated carbocycles. The Bertz CT molecular complexity index is 358. The molecule has 0 atom stereocenters. The zero-order valence-electron chi connectivity index (χ0n) is 14.2. The zero-order valence-corrected chi connectivity index (χ0v) is 15.0. The molecule has 1 fully saturated rings. The summed E-state index contributed by atoms with van der Waals surface area (Å²) in [6.45, 7) is 11.9. The van der Waals surface area contributed by atoms with E-state index in [-0.39, 0.29) is 29.1 Å². The summed E-state index contributed by atoms with van der Waals surface area (Å²) in [5.74, 6) is 0. The van der Waals surface area contributed by atoms with Crippen molar-refractivity contribution in [2.24, 2.45) is 0 Å². The summed E-state index contributed by atoms with van der Waals surface area (Å²) < 4.78 is 5.50. The van der Waals surface area contributed by atoms with Gasteiger partial charge in [0.25, 0.3) is 0 Å². The quantitative estimate of drug-likeness (QED) is 0.803. The monoisotopic (exact) mass is 319 g/mol. The van der Waals surface area contributed by atoms with Gasteiger partial charge in [-0.2, -0.15) is 5.06 Å². The number of ether oxygens (including phenoxy) is 1. The Morgan fingerprint density at radius 2 is 1.76 bits per heavy atom. The average molecular weight is 319 g/mol. The number of thioether (sulfide) groups is 1. The van der Waals surface area contributed by atoms with E-state index in [1.54, 1.807) is 20.1 Å². The molecule has 0 aromatic carbocycles. The smallest absolute Gasteiger partial charge is 0.367 e. The van der Waals surface area contributed by atoms with Crippen molar-refractivity contribution >= 4 is 17.1 Å². The average Bonchev–Trinajstić information content (AvgIpc) is 2.23. The molecule has 1 heterocycles. The van der Waals surface area contributed by atoms with Crippen LogP contribution in [0.2, 0.25) is 0 Å². The Balaban J connectivity index is 2.81. The predicted octanol–water partition coefficient (Wildman–Crippen LogP) is 3.21. The fourth-order valence-corrected chi connectivity index (χ4v) is 3.24. The van der Waals surface area contributed by atoms with Gasteiger partial charge in [-0.25, -0.2) is 4.79 Å². The van der Waals surface area contributed by atoms with E-state index >= 15 is 0 Å². The topological polar surface area (TPSA) is 59.0 Å². The van der Waals surface area contributed by atoms with Crippen molar-refractivity contribution in [3.8, 4) is 0 Å². The minimum Gasteiger partial charge on any atom is -0.454 e. The maximum Gasteiger partial charge on any atom is 0.367 e. The molecule has 0 radical (unpaired) electrons. The number of aliphatic hydroxyl groups is 1. The zero-order chi connectivity index (χ0) is 16.5. The maximum atomic E-state index is 11.5. The lowest BCUT2D eigenvalue weighted by Gasteiger charge is -2.53. The molecule has 1 N–H and O–H groups in total. The van der Waals surface area contributed by atoms with Gasteiger partial charge >= 0.3 is 5.30 Å². The van der Waals surface area contributed by atoms with Gasteiger partial charge in [0.2, 0.25) is 0 Å².